The van der Waals surface area contributed by atoms with E-state index < -0.39 is 40.5 Å². The van der Waals surface area contributed by atoms with E-state index in [0.29, 0.717) is 18.6 Å². The van der Waals surface area contributed by atoms with Gasteiger partial charge in [-0.2, -0.15) is 0 Å². The van der Waals surface area contributed by atoms with Crippen molar-refractivity contribution in [2.75, 3.05) is 11.1 Å². The van der Waals surface area contributed by atoms with Crippen LogP contribution in [0.15, 0.2) is 18.2 Å². The summed E-state index contributed by atoms with van der Waals surface area (Å²) in [5.74, 6) is -2.69. The summed E-state index contributed by atoms with van der Waals surface area (Å²) in [7, 11) is 0. The number of rotatable bonds is 4. The van der Waals surface area contributed by atoms with E-state index in [0.717, 1.165) is 18.2 Å². The summed E-state index contributed by atoms with van der Waals surface area (Å²) in [6.45, 7) is 3.23. The lowest BCUT2D eigenvalue weighted by Gasteiger charge is -2.29. The molecular formula is C17H18F2N2O4S. The molecule has 2 aliphatic rings. The second-order valence-corrected chi connectivity index (χ2v) is 7.96. The van der Waals surface area contributed by atoms with Crippen LogP contribution in [-0.4, -0.2) is 45.5 Å². The van der Waals surface area contributed by atoms with Crippen LogP contribution in [0.3, 0.4) is 0 Å². The maximum Gasteiger partial charge on any atom is 0.330 e. The molecule has 9 heteroatoms. The van der Waals surface area contributed by atoms with Gasteiger partial charge in [0.15, 0.2) is 6.10 Å². The van der Waals surface area contributed by atoms with Crippen molar-refractivity contribution in [2.45, 2.75) is 43.7 Å². The van der Waals surface area contributed by atoms with Crippen LogP contribution >= 0.6 is 11.8 Å². The fourth-order valence-corrected chi connectivity index (χ4v) is 4.55. The lowest BCUT2D eigenvalue weighted by atomic mass is 10.2. The van der Waals surface area contributed by atoms with Crippen LogP contribution in [0.2, 0.25) is 0 Å². The number of ether oxygens (including phenoxy) is 1. The Bertz CT molecular complexity index is 775. The molecule has 2 amide bonds. The van der Waals surface area contributed by atoms with E-state index in [4.69, 9.17) is 4.74 Å². The summed E-state index contributed by atoms with van der Waals surface area (Å²) in [5.41, 5.74) is -0.336. The van der Waals surface area contributed by atoms with Gasteiger partial charge in [0.1, 0.15) is 17.7 Å². The second-order valence-electron chi connectivity index (χ2n) is 6.46. The van der Waals surface area contributed by atoms with E-state index in [1.807, 2.05) is 6.92 Å². The SMILES string of the molecule is C[C@@H](OC(=O)[C@H]1CS[C@@]2(C)CCC(=O)N12)C(=O)Nc1cc(F)ccc1F. The van der Waals surface area contributed by atoms with Gasteiger partial charge in [-0.1, -0.05) is 0 Å². The average molecular weight is 384 g/mol. The number of halogens is 2. The fourth-order valence-electron chi connectivity index (χ4n) is 3.13. The topological polar surface area (TPSA) is 75.7 Å². The number of esters is 1. The first-order valence-corrected chi connectivity index (χ1v) is 9.12. The smallest absolute Gasteiger partial charge is 0.330 e. The predicted molar refractivity (Wildman–Crippen MR) is 91.3 cm³/mol. The zero-order valence-corrected chi connectivity index (χ0v) is 15.1. The van der Waals surface area contributed by atoms with Crippen LogP contribution < -0.4 is 5.32 Å². The van der Waals surface area contributed by atoms with E-state index in [-0.39, 0.29) is 11.6 Å². The Hall–Kier alpha value is -2.16. The summed E-state index contributed by atoms with van der Waals surface area (Å²) in [4.78, 5) is 37.7. The molecule has 1 N–H and O–H groups in total. The molecule has 0 unspecified atom stereocenters. The van der Waals surface area contributed by atoms with Crippen molar-refractivity contribution in [3.05, 3.63) is 29.8 Å². The number of thioether (sulfide) groups is 1. The van der Waals surface area contributed by atoms with Crippen molar-refractivity contribution < 1.29 is 27.9 Å². The molecule has 0 saturated carbocycles. The highest BCUT2D eigenvalue weighted by Crippen LogP contribution is 2.47. The third-order valence-electron chi connectivity index (χ3n) is 4.57. The second kappa shape index (κ2) is 6.86. The Morgan fingerprint density at radius 2 is 2.15 bits per heavy atom. The minimum absolute atomic E-state index is 0.113. The quantitative estimate of drug-likeness (QED) is 0.806. The minimum atomic E-state index is -1.22. The molecule has 0 spiro atoms. The monoisotopic (exact) mass is 384 g/mol. The summed E-state index contributed by atoms with van der Waals surface area (Å²) >= 11 is 1.51. The van der Waals surface area contributed by atoms with Crippen molar-refractivity contribution >= 4 is 35.2 Å². The lowest BCUT2D eigenvalue weighted by Crippen LogP contribution is -2.48. The molecule has 3 rings (SSSR count). The highest BCUT2D eigenvalue weighted by atomic mass is 32.2. The molecule has 0 radical (unpaired) electrons. The molecule has 0 aromatic heterocycles. The van der Waals surface area contributed by atoms with Crippen molar-refractivity contribution in [2.24, 2.45) is 0 Å². The Labute approximate surface area is 153 Å². The molecule has 26 heavy (non-hydrogen) atoms. The summed E-state index contributed by atoms with van der Waals surface area (Å²) in [5, 5.41) is 2.19. The van der Waals surface area contributed by atoms with Crippen LogP contribution in [0.1, 0.15) is 26.7 Å². The maximum atomic E-state index is 13.6. The molecule has 2 heterocycles. The largest absolute Gasteiger partial charge is 0.451 e. The Morgan fingerprint density at radius 1 is 1.42 bits per heavy atom. The third kappa shape index (κ3) is 3.40. The zero-order valence-electron chi connectivity index (χ0n) is 14.3. The average Bonchev–Trinajstić information content (AvgIpc) is 3.07. The van der Waals surface area contributed by atoms with Gasteiger partial charge in [-0.3, -0.25) is 9.59 Å². The molecule has 2 saturated heterocycles. The summed E-state index contributed by atoms with van der Waals surface area (Å²) < 4.78 is 31.9. The van der Waals surface area contributed by atoms with E-state index in [9.17, 15) is 23.2 Å². The summed E-state index contributed by atoms with van der Waals surface area (Å²) in [6.07, 6.45) is -0.183. The molecular weight excluding hydrogens is 366 g/mol. The number of benzene rings is 1. The minimum Gasteiger partial charge on any atom is -0.451 e. The molecule has 2 aliphatic heterocycles. The molecule has 6 nitrogen and oxygen atoms in total. The maximum absolute atomic E-state index is 13.6. The zero-order chi connectivity index (χ0) is 19.1. The van der Waals surface area contributed by atoms with Gasteiger partial charge in [-0.05, 0) is 32.4 Å². The highest BCUT2D eigenvalue weighted by molar-refractivity contribution is 8.01. The van der Waals surface area contributed by atoms with Crippen LogP contribution in [0.4, 0.5) is 14.5 Å². The van der Waals surface area contributed by atoms with Crippen molar-refractivity contribution in [3.63, 3.8) is 0 Å². The Morgan fingerprint density at radius 3 is 2.88 bits per heavy atom. The first kappa shape index (κ1) is 18.6. The third-order valence-corrected chi connectivity index (χ3v) is 6.07. The van der Waals surface area contributed by atoms with Crippen LogP contribution in [-0.2, 0) is 19.1 Å². The van der Waals surface area contributed by atoms with Gasteiger partial charge in [0.05, 0.1) is 10.6 Å². The number of nitrogens with one attached hydrogen (secondary N) is 1. The lowest BCUT2D eigenvalue weighted by molar-refractivity contribution is -0.160. The van der Waals surface area contributed by atoms with Gasteiger partial charge in [-0.25, -0.2) is 13.6 Å². The van der Waals surface area contributed by atoms with Crippen LogP contribution in [0, 0.1) is 11.6 Å². The van der Waals surface area contributed by atoms with Gasteiger partial charge in [0, 0.05) is 18.2 Å². The van der Waals surface area contributed by atoms with Crippen molar-refractivity contribution in [3.8, 4) is 0 Å². The number of anilines is 1. The van der Waals surface area contributed by atoms with Gasteiger partial charge < -0.3 is 15.0 Å². The van der Waals surface area contributed by atoms with Gasteiger partial charge in [0.2, 0.25) is 5.91 Å². The Kier molecular flexibility index (Phi) is 4.92. The molecule has 1 aromatic rings. The standard InChI is InChI=1S/C17H18F2N2O4S/c1-9(15(23)20-12-7-10(18)3-4-11(12)19)25-16(24)13-8-26-17(2)6-5-14(22)21(13)17/h3-4,7,9,13H,5-6,8H2,1-2H3,(H,20,23)/t9-,13-,17+/m1/s1. The molecule has 3 atom stereocenters. The normalized spacial score (nSPS) is 25.8. The van der Waals surface area contributed by atoms with E-state index in [2.05, 4.69) is 5.32 Å². The van der Waals surface area contributed by atoms with Gasteiger partial charge >= 0.3 is 5.97 Å². The van der Waals surface area contributed by atoms with Crippen molar-refractivity contribution in [1.82, 2.24) is 4.90 Å². The first-order chi connectivity index (χ1) is 12.2. The predicted octanol–water partition coefficient (Wildman–Crippen LogP) is 2.29. The summed E-state index contributed by atoms with van der Waals surface area (Å²) in [6, 6.07) is 1.90. The number of carbonyl (C=O) groups excluding carboxylic acids is 3. The van der Waals surface area contributed by atoms with Crippen LogP contribution in [0.5, 0.6) is 0 Å². The van der Waals surface area contributed by atoms with E-state index in [1.165, 1.54) is 23.6 Å². The highest BCUT2D eigenvalue weighted by Gasteiger charge is 2.53. The molecule has 1 aromatic carbocycles. The number of carbonyl (C=O) groups is 3. The van der Waals surface area contributed by atoms with Crippen molar-refractivity contribution in [1.29, 1.82) is 0 Å². The number of fused-ring (bicyclic) bond motifs is 1. The first-order valence-electron chi connectivity index (χ1n) is 8.14. The molecule has 0 bridgehead atoms. The molecule has 140 valence electrons. The van der Waals surface area contributed by atoms with E-state index in [1.54, 1.807) is 0 Å². The van der Waals surface area contributed by atoms with Gasteiger partial charge in [0.25, 0.3) is 5.91 Å². The van der Waals surface area contributed by atoms with Gasteiger partial charge in [-0.15, -0.1) is 11.8 Å². The number of nitrogens with zero attached hydrogens (tertiary/aromatic N) is 1. The van der Waals surface area contributed by atoms with E-state index >= 15 is 0 Å². The fraction of sp³-hybridized carbons (Fsp3) is 0.471. The molecule has 0 aliphatic carbocycles. The molecule has 2 fully saturated rings. The van der Waals surface area contributed by atoms with Crippen LogP contribution in [0.25, 0.3) is 0 Å². The Balaban J connectivity index is 1.63. The number of hydrogen-bond donors (Lipinski definition) is 1. The number of amides is 2. The number of hydrogen-bond acceptors (Lipinski definition) is 5.